The fourth-order valence-corrected chi connectivity index (χ4v) is 6.96. The topological polar surface area (TPSA) is 104 Å². The third kappa shape index (κ3) is 5.41. The highest BCUT2D eigenvalue weighted by Gasteiger charge is 2.39. The first-order chi connectivity index (χ1) is 15.4. The molecule has 1 N–H and O–H groups in total. The summed E-state index contributed by atoms with van der Waals surface area (Å²) >= 11 is 3.32. The number of aliphatic hydroxyl groups excluding tert-OH is 1. The lowest BCUT2D eigenvalue weighted by atomic mass is 10.0. The van der Waals surface area contributed by atoms with Crippen LogP contribution in [0.3, 0.4) is 0 Å². The average Bonchev–Trinajstić information content (AvgIpc) is 2.75. The minimum Gasteiger partial charge on any atom is -0.487 e. The molecule has 3 rings (SSSR count). The van der Waals surface area contributed by atoms with Crippen LogP contribution in [0.25, 0.3) is 0 Å². The maximum absolute atomic E-state index is 13.6. The van der Waals surface area contributed by atoms with Crippen LogP contribution in [0.1, 0.15) is 13.8 Å². The van der Waals surface area contributed by atoms with E-state index >= 15 is 0 Å². The van der Waals surface area contributed by atoms with Crippen molar-refractivity contribution in [3.63, 3.8) is 0 Å². The lowest BCUT2D eigenvalue weighted by molar-refractivity contribution is 0.0904. The van der Waals surface area contributed by atoms with Gasteiger partial charge in [-0.3, -0.25) is 0 Å². The number of aliphatic hydroxyl groups is 1. The molecular weight excluding hydrogens is 539 g/mol. The van der Waals surface area contributed by atoms with E-state index in [0.717, 1.165) is 16.4 Å². The van der Waals surface area contributed by atoms with Crippen molar-refractivity contribution in [2.45, 2.75) is 35.8 Å². The molecule has 2 aromatic carbocycles. The maximum atomic E-state index is 13.6. The van der Waals surface area contributed by atoms with Gasteiger partial charge in [-0.2, -0.15) is 8.61 Å². The lowest BCUT2D eigenvalue weighted by Crippen LogP contribution is -2.50. The van der Waals surface area contributed by atoms with Crippen molar-refractivity contribution in [2.24, 2.45) is 5.92 Å². The zero-order chi connectivity index (χ0) is 24.6. The van der Waals surface area contributed by atoms with Crippen LogP contribution in [-0.4, -0.2) is 69.4 Å². The van der Waals surface area contributed by atoms with E-state index < -0.39 is 43.9 Å². The quantitative estimate of drug-likeness (QED) is 0.578. The summed E-state index contributed by atoms with van der Waals surface area (Å²) in [6.45, 7) is 2.88. The molecule has 1 aliphatic rings. The van der Waals surface area contributed by atoms with E-state index in [-0.39, 0.29) is 35.2 Å². The molecule has 0 radical (unpaired) electrons. The first-order valence-corrected chi connectivity index (χ1v) is 13.9. The van der Waals surface area contributed by atoms with Crippen molar-refractivity contribution >= 4 is 36.0 Å². The molecule has 2 aromatic rings. The maximum Gasteiger partial charge on any atom is 0.247 e. The molecule has 0 saturated carbocycles. The average molecular weight is 565 g/mol. The highest BCUT2D eigenvalue weighted by molar-refractivity contribution is 9.10. The molecule has 8 nitrogen and oxygen atoms in total. The van der Waals surface area contributed by atoms with E-state index in [2.05, 4.69) is 15.9 Å². The highest BCUT2D eigenvalue weighted by atomic mass is 79.9. The van der Waals surface area contributed by atoms with Crippen LogP contribution in [0.5, 0.6) is 5.75 Å². The van der Waals surface area contributed by atoms with Gasteiger partial charge in [-0.15, -0.1) is 0 Å². The molecule has 0 saturated heterocycles. The molecule has 0 aromatic heterocycles. The number of sulfonamides is 2. The molecule has 0 bridgehead atoms. The predicted octanol–water partition coefficient (Wildman–Crippen LogP) is 2.68. The Balaban J connectivity index is 2.01. The molecule has 0 amide bonds. The van der Waals surface area contributed by atoms with Gasteiger partial charge in [0.1, 0.15) is 22.6 Å². The molecule has 182 valence electrons. The van der Waals surface area contributed by atoms with Crippen LogP contribution < -0.4 is 4.74 Å². The predicted molar refractivity (Wildman–Crippen MR) is 124 cm³/mol. The second kappa shape index (κ2) is 9.96. The SMILES string of the molecule is C[C@@H]1CN([C@@H](C)CO)S(=O)(=O)c2ccc(Br)cc2O[C@H]1CN(C)S(=O)(=O)c1cccc(F)c1. The molecule has 33 heavy (non-hydrogen) atoms. The van der Waals surface area contributed by atoms with Gasteiger partial charge in [0.25, 0.3) is 0 Å². The van der Waals surface area contributed by atoms with Crippen molar-refractivity contribution in [3.8, 4) is 5.75 Å². The number of benzene rings is 2. The lowest BCUT2D eigenvalue weighted by Gasteiger charge is -2.37. The molecule has 12 heteroatoms. The largest absolute Gasteiger partial charge is 0.487 e. The van der Waals surface area contributed by atoms with Crippen molar-refractivity contribution in [1.82, 2.24) is 8.61 Å². The van der Waals surface area contributed by atoms with Gasteiger partial charge < -0.3 is 9.84 Å². The smallest absolute Gasteiger partial charge is 0.247 e. The Morgan fingerprint density at radius 2 is 2.00 bits per heavy atom. The van der Waals surface area contributed by atoms with Crippen LogP contribution in [0.15, 0.2) is 56.7 Å². The van der Waals surface area contributed by atoms with Crippen molar-refractivity contribution < 1.29 is 31.1 Å². The number of likely N-dealkylation sites (N-methyl/N-ethyl adjacent to an activating group) is 1. The van der Waals surface area contributed by atoms with Crippen LogP contribution in [0, 0.1) is 11.7 Å². The van der Waals surface area contributed by atoms with Gasteiger partial charge in [-0.25, -0.2) is 21.2 Å². The van der Waals surface area contributed by atoms with E-state index in [0.29, 0.717) is 4.47 Å². The van der Waals surface area contributed by atoms with E-state index in [1.54, 1.807) is 19.9 Å². The van der Waals surface area contributed by atoms with Gasteiger partial charge in [0.05, 0.1) is 18.0 Å². The molecule has 0 fully saturated rings. The minimum atomic E-state index is -4.02. The molecule has 3 atom stereocenters. The Morgan fingerprint density at radius 3 is 2.64 bits per heavy atom. The second-order valence-electron chi connectivity index (χ2n) is 8.07. The summed E-state index contributed by atoms with van der Waals surface area (Å²) < 4.78 is 75.2. The zero-order valence-electron chi connectivity index (χ0n) is 18.4. The fraction of sp³-hybridized carbons (Fsp3) is 0.429. The fourth-order valence-electron chi connectivity index (χ4n) is 3.58. The Hall–Kier alpha value is -1.57. The summed E-state index contributed by atoms with van der Waals surface area (Å²) in [6, 6.07) is 8.53. The van der Waals surface area contributed by atoms with Crippen LogP contribution in [0.4, 0.5) is 4.39 Å². The van der Waals surface area contributed by atoms with Crippen LogP contribution in [0.2, 0.25) is 0 Å². The monoisotopic (exact) mass is 564 g/mol. The summed E-state index contributed by atoms with van der Waals surface area (Å²) in [5.41, 5.74) is 0. The summed E-state index contributed by atoms with van der Waals surface area (Å²) in [7, 11) is -6.63. The number of rotatable bonds is 6. The van der Waals surface area contributed by atoms with Gasteiger partial charge in [-0.1, -0.05) is 28.9 Å². The second-order valence-corrected chi connectivity index (χ2v) is 12.9. The third-order valence-electron chi connectivity index (χ3n) is 5.57. The number of hydrogen-bond acceptors (Lipinski definition) is 6. The Kier molecular flexibility index (Phi) is 7.86. The molecular formula is C21H26BrFN2O6S2. The van der Waals surface area contributed by atoms with Gasteiger partial charge in [0, 0.05) is 30.0 Å². The van der Waals surface area contributed by atoms with E-state index in [1.807, 2.05) is 0 Å². The summed E-state index contributed by atoms with van der Waals surface area (Å²) in [5, 5.41) is 9.66. The van der Waals surface area contributed by atoms with Crippen LogP contribution in [-0.2, 0) is 20.0 Å². The molecule has 1 aliphatic heterocycles. The van der Waals surface area contributed by atoms with E-state index in [4.69, 9.17) is 4.74 Å². The van der Waals surface area contributed by atoms with E-state index in [9.17, 15) is 26.3 Å². The van der Waals surface area contributed by atoms with Crippen LogP contribution >= 0.6 is 15.9 Å². The van der Waals surface area contributed by atoms with Gasteiger partial charge >= 0.3 is 0 Å². The first-order valence-electron chi connectivity index (χ1n) is 10.2. The normalized spacial score (nSPS) is 22.2. The number of halogens is 2. The Bertz CT molecular complexity index is 1230. The minimum absolute atomic E-state index is 0.0120. The summed E-state index contributed by atoms with van der Waals surface area (Å²) in [5.74, 6) is -1.03. The summed E-state index contributed by atoms with van der Waals surface area (Å²) in [6.07, 6.45) is -0.727. The number of ether oxygens (including phenoxy) is 1. The number of nitrogens with zero attached hydrogens (tertiary/aromatic N) is 2. The molecule has 1 heterocycles. The molecule has 0 unspecified atom stereocenters. The first kappa shape index (κ1) is 26.0. The number of fused-ring (bicyclic) bond motifs is 1. The number of hydrogen-bond donors (Lipinski definition) is 1. The third-order valence-corrected chi connectivity index (χ3v) is 9.90. The standard InChI is InChI=1S/C21H26BrFN2O6S2/c1-14-11-25(15(2)13-26)33(29,30)21-8-7-16(22)9-19(21)31-20(14)12-24(3)32(27,28)18-6-4-5-17(23)10-18/h4-10,14-15,20,26H,11-13H2,1-3H3/t14-,15+,20+/m1/s1. The molecule has 0 spiro atoms. The Labute approximate surface area is 202 Å². The highest BCUT2D eigenvalue weighted by Crippen LogP contribution is 2.35. The van der Waals surface area contributed by atoms with Gasteiger partial charge in [0.15, 0.2) is 0 Å². The van der Waals surface area contributed by atoms with Crippen molar-refractivity contribution in [1.29, 1.82) is 0 Å². The van der Waals surface area contributed by atoms with Gasteiger partial charge in [-0.05, 0) is 43.3 Å². The Morgan fingerprint density at radius 1 is 1.30 bits per heavy atom. The summed E-state index contributed by atoms with van der Waals surface area (Å²) in [4.78, 5) is -0.261. The van der Waals surface area contributed by atoms with E-state index in [1.165, 1.54) is 35.6 Å². The molecule has 0 aliphatic carbocycles. The van der Waals surface area contributed by atoms with Gasteiger partial charge in [0.2, 0.25) is 20.0 Å². The zero-order valence-corrected chi connectivity index (χ0v) is 21.6. The van der Waals surface area contributed by atoms with Crippen molar-refractivity contribution in [3.05, 3.63) is 52.8 Å². The van der Waals surface area contributed by atoms with Crippen molar-refractivity contribution in [2.75, 3.05) is 26.7 Å².